The fourth-order valence-electron chi connectivity index (χ4n) is 7.89. The van der Waals surface area contributed by atoms with Gasteiger partial charge < -0.3 is 0 Å². The predicted molar refractivity (Wildman–Crippen MR) is 231 cm³/mol. The van der Waals surface area contributed by atoms with Gasteiger partial charge in [-0.15, -0.1) is 0 Å². The summed E-state index contributed by atoms with van der Waals surface area (Å²) in [7, 11) is -1.35. The smallest absolute Gasteiger partial charge is 0.00140 e. The SMILES string of the molecule is Cc1ccccc1P(Cc1ccc2ccccc2c1-c1c(CP(c2ccccc2C)c2ccccc2C)ccc2ccccc12)c1ccccc1C. The summed E-state index contributed by atoms with van der Waals surface area (Å²) in [5.74, 6) is 0. The van der Waals surface area contributed by atoms with Crippen molar-refractivity contribution in [2.75, 3.05) is 0 Å². The summed E-state index contributed by atoms with van der Waals surface area (Å²) in [6, 6.07) is 63.9. The van der Waals surface area contributed by atoms with E-state index < -0.39 is 15.8 Å². The minimum absolute atomic E-state index is 0.677. The summed E-state index contributed by atoms with van der Waals surface area (Å²) < 4.78 is 0. The highest BCUT2D eigenvalue weighted by Gasteiger charge is 2.25. The van der Waals surface area contributed by atoms with Gasteiger partial charge in [0.2, 0.25) is 0 Å². The number of benzene rings is 8. The second-order valence-corrected chi connectivity index (χ2v) is 18.2. The second kappa shape index (κ2) is 15.0. The van der Waals surface area contributed by atoms with E-state index in [0.717, 1.165) is 12.3 Å². The van der Waals surface area contributed by atoms with Gasteiger partial charge in [0.05, 0.1) is 0 Å². The molecule has 2 heteroatoms. The lowest BCUT2D eigenvalue weighted by atomic mass is 9.88. The number of hydrogen-bond donors (Lipinski definition) is 0. The van der Waals surface area contributed by atoms with Gasteiger partial charge >= 0.3 is 0 Å². The highest BCUT2D eigenvalue weighted by molar-refractivity contribution is 7.72. The number of aryl methyl sites for hydroxylation is 4. The van der Waals surface area contributed by atoms with Crippen LogP contribution in [0.1, 0.15) is 33.4 Å². The molecular weight excluding hydrogens is 662 g/mol. The van der Waals surface area contributed by atoms with Crippen LogP contribution in [0.25, 0.3) is 32.7 Å². The molecule has 0 aliphatic rings. The highest BCUT2D eigenvalue weighted by atomic mass is 31.1. The summed E-state index contributed by atoms with van der Waals surface area (Å²) in [5, 5.41) is 11.1. The molecule has 0 fully saturated rings. The molecule has 8 aromatic carbocycles. The largest absolute Gasteiger partial charge is 0.0620 e. The number of hydrogen-bond acceptors (Lipinski definition) is 0. The molecule has 0 amide bonds. The average molecular weight is 707 g/mol. The van der Waals surface area contributed by atoms with Crippen LogP contribution in [0.3, 0.4) is 0 Å². The molecule has 0 saturated heterocycles. The molecule has 8 aromatic rings. The third-order valence-electron chi connectivity index (χ3n) is 10.6. The molecule has 52 heavy (non-hydrogen) atoms. The van der Waals surface area contributed by atoms with E-state index in [9.17, 15) is 0 Å². The lowest BCUT2D eigenvalue weighted by Crippen LogP contribution is -2.18. The van der Waals surface area contributed by atoms with Crippen LogP contribution in [0, 0.1) is 27.7 Å². The van der Waals surface area contributed by atoms with Gasteiger partial charge in [0.25, 0.3) is 0 Å². The van der Waals surface area contributed by atoms with E-state index in [1.54, 1.807) is 0 Å². The van der Waals surface area contributed by atoms with E-state index in [0.29, 0.717) is 0 Å². The summed E-state index contributed by atoms with van der Waals surface area (Å²) >= 11 is 0. The molecule has 0 unspecified atom stereocenters. The molecule has 254 valence electrons. The van der Waals surface area contributed by atoms with E-state index in [-0.39, 0.29) is 0 Å². The van der Waals surface area contributed by atoms with Crippen LogP contribution in [-0.2, 0) is 12.3 Å². The van der Waals surface area contributed by atoms with Crippen molar-refractivity contribution in [3.8, 4) is 11.1 Å². The second-order valence-electron chi connectivity index (χ2n) is 14.0. The first kappa shape index (κ1) is 34.2. The summed E-state index contributed by atoms with van der Waals surface area (Å²) in [6.45, 7) is 9.14. The molecular formula is C50H44P2. The first-order valence-corrected chi connectivity index (χ1v) is 21.3. The maximum absolute atomic E-state index is 2.45. The van der Waals surface area contributed by atoms with Crippen molar-refractivity contribution in [2.24, 2.45) is 0 Å². The summed E-state index contributed by atoms with van der Waals surface area (Å²) in [5.41, 5.74) is 11.1. The molecule has 0 saturated carbocycles. The lowest BCUT2D eigenvalue weighted by molar-refractivity contribution is 1.37. The van der Waals surface area contributed by atoms with Crippen LogP contribution in [0.5, 0.6) is 0 Å². The van der Waals surface area contributed by atoms with Crippen LogP contribution >= 0.6 is 15.8 Å². The zero-order valence-corrected chi connectivity index (χ0v) is 32.3. The van der Waals surface area contributed by atoms with Gasteiger partial charge in [-0.05, 0) is 131 Å². The Morgan fingerprint density at radius 3 is 0.923 bits per heavy atom. The van der Waals surface area contributed by atoms with Crippen molar-refractivity contribution in [3.63, 3.8) is 0 Å². The van der Waals surface area contributed by atoms with E-state index in [1.807, 2.05) is 0 Å². The molecule has 0 aliphatic heterocycles. The van der Waals surface area contributed by atoms with Crippen molar-refractivity contribution in [1.82, 2.24) is 0 Å². The van der Waals surface area contributed by atoms with Crippen LogP contribution in [-0.4, -0.2) is 0 Å². The predicted octanol–water partition coefficient (Wildman–Crippen LogP) is 12.2. The Morgan fingerprint density at radius 2 is 0.596 bits per heavy atom. The summed E-state index contributed by atoms with van der Waals surface area (Å²) in [4.78, 5) is 0. The molecule has 0 atom stereocenters. The number of rotatable bonds is 9. The maximum atomic E-state index is 2.45. The van der Waals surface area contributed by atoms with Gasteiger partial charge in [-0.3, -0.25) is 0 Å². The normalized spacial score (nSPS) is 11.6. The van der Waals surface area contributed by atoms with E-state index in [4.69, 9.17) is 0 Å². The van der Waals surface area contributed by atoms with Gasteiger partial charge in [-0.1, -0.05) is 170 Å². The first-order valence-electron chi connectivity index (χ1n) is 18.3. The van der Waals surface area contributed by atoms with Crippen LogP contribution < -0.4 is 21.2 Å². The molecule has 0 heterocycles. The topological polar surface area (TPSA) is 0 Å². The third kappa shape index (κ3) is 6.63. The van der Waals surface area contributed by atoms with Gasteiger partial charge in [-0.25, -0.2) is 0 Å². The molecule has 0 radical (unpaired) electrons. The van der Waals surface area contributed by atoms with Crippen molar-refractivity contribution < 1.29 is 0 Å². The Hall–Kier alpha value is -4.86. The van der Waals surface area contributed by atoms with Gasteiger partial charge in [-0.2, -0.15) is 0 Å². The van der Waals surface area contributed by atoms with E-state index in [2.05, 4.69) is 198 Å². The fourth-order valence-corrected chi connectivity index (χ4v) is 13.4. The highest BCUT2D eigenvalue weighted by Crippen LogP contribution is 2.49. The average Bonchev–Trinajstić information content (AvgIpc) is 3.17. The van der Waals surface area contributed by atoms with Crippen LogP contribution in [0.15, 0.2) is 170 Å². The van der Waals surface area contributed by atoms with E-state index >= 15 is 0 Å². The Labute approximate surface area is 311 Å². The van der Waals surface area contributed by atoms with Gasteiger partial charge in [0.15, 0.2) is 0 Å². The molecule has 8 rings (SSSR count). The molecule has 0 bridgehead atoms. The van der Waals surface area contributed by atoms with Crippen molar-refractivity contribution >= 4 is 58.6 Å². The monoisotopic (exact) mass is 706 g/mol. The minimum atomic E-state index is -0.677. The lowest BCUT2D eigenvalue weighted by Gasteiger charge is -2.27. The minimum Gasteiger partial charge on any atom is -0.0620 e. The molecule has 0 aliphatic carbocycles. The van der Waals surface area contributed by atoms with Crippen LogP contribution in [0.4, 0.5) is 0 Å². The number of fused-ring (bicyclic) bond motifs is 2. The van der Waals surface area contributed by atoms with Crippen LogP contribution in [0.2, 0.25) is 0 Å². The molecule has 0 N–H and O–H groups in total. The summed E-state index contributed by atoms with van der Waals surface area (Å²) in [6.07, 6.45) is 1.94. The zero-order chi connectivity index (χ0) is 35.6. The van der Waals surface area contributed by atoms with Crippen molar-refractivity contribution in [3.05, 3.63) is 203 Å². The Morgan fingerprint density at radius 1 is 0.308 bits per heavy atom. The maximum Gasteiger partial charge on any atom is 0.00140 e. The van der Waals surface area contributed by atoms with Crippen molar-refractivity contribution in [1.29, 1.82) is 0 Å². The zero-order valence-electron chi connectivity index (χ0n) is 30.5. The van der Waals surface area contributed by atoms with Gasteiger partial charge in [0, 0.05) is 12.3 Å². The van der Waals surface area contributed by atoms with Gasteiger partial charge in [0.1, 0.15) is 0 Å². The fraction of sp³-hybridized carbons (Fsp3) is 0.120. The molecule has 0 nitrogen and oxygen atoms in total. The Kier molecular flexibility index (Phi) is 9.88. The Bertz CT molecular complexity index is 2280. The molecule has 0 spiro atoms. The molecule has 0 aromatic heterocycles. The Balaban J connectivity index is 1.40. The van der Waals surface area contributed by atoms with E-state index in [1.165, 1.54) is 87.3 Å². The third-order valence-corrected chi connectivity index (χ3v) is 16.2. The first-order chi connectivity index (χ1) is 25.5. The van der Waals surface area contributed by atoms with Crippen molar-refractivity contribution in [2.45, 2.75) is 40.0 Å². The standard InChI is InChI=1S/C50H44P2/c1-35-17-5-13-25-45(35)51(46-26-14-6-18-36(46)2)33-41-31-29-39-21-9-11-23-43(39)49(41)50-42(32-30-40-22-10-12-24-44(40)50)34-52(47-27-15-7-19-37(47)3)48-28-16-8-20-38(48)4/h5-32H,33-34H2,1-4H3. The quantitative estimate of drug-likeness (QED) is 0.131.